The van der Waals surface area contributed by atoms with Gasteiger partial charge in [0, 0.05) is 19.0 Å². The quantitative estimate of drug-likeness (QED) is 0.624. The highest BCUT2D eigenvalue weighted by Gasteiger charge is 2.05. The van der Waals surface area contributed by atoms with Crippen LogP contribution in [0.5, 0.6) is 5.75 Å². The number of hydrogen-bond acceptors (Lipinski definition) is 6. The first-order valence-electron chi connectivity index (χ1n) is 8.19. The topological polar surface area (TPSA) is 103 Å². The lowest BCUT2D eigenvalue weighted by atomic mass is 10.1. The van der Waals surface area contributed by atoms with Crippen molar-refractivity contribution in [1.82, 2.24) is 10.1 Å². The summed E-state index contributed by atoms with van der Waals surface area (Å²) in [5, 5.41) is 6.64. The number of anilines is 1. The lowest BCUT2D eigenvalue weighted by Gasteiger charge is -2.07. The Bertz CT molecular complexity index is 631. The first-order chi connectivity index (χ1) is 11.7. The monoisotopic (exact) mass is 368 g/mol. The van der Waals surface area contributed by atoms with Crippen LogP contribution in [0.1, 0.15) is 43.8 Å². The number of ether oxygens (including phenoxy) is 1. The van der Waals surface area contributed by atoms with Crippen LogP contribution in [0.15, 0.2) is 28.8 Å². The van der Waals surface area contributed by atoms with E-state index in [1.165, 1.54) is 0 Å². The van der Waals surface area contributed by atoms with E-state index in [2.05, 4.69) is 15.5 Å². The average molecular weight is 369 g/mol. The number of unbranched alkanes of at least 4 members (excludes halogenated alkanes) is 3. The number of nitrogens with two attached hydrogens (primary N) is 1. The van der Waals surface area contributed by atoms with Gasteiger partial charge in [-0.3, -0.25) is 4.79 Å². The zero-order valence-electron chi connectivity index (χ0n) is 14.4. The minimum Gasteiger partial charge on any atom is -0.485 e. The van der Waals surface area contributed by atoms with Crippen molar-refractivity contribution in [2.45, 2.75) is 45.6 Å². The third kappa shape index (κ3) is 8.00. The third-order valence-electron chi connectivity index (χ3n) is 3.43. The summed E-state index contributed by atoms with van der Waals surface area (Å²) in [6.45, 7) is 2.69. The Labute approximate surface area is 153 Å². The van der Waals surface area contributed by atoms with Gasteiger partial charge < -0.3 is 20.3 Å². The number of aryl methyl sites for hydroxylation is 1. The van der Waals surface area contributed by atoms with E-state index in [0.717, 1.165) is 31.4 Å². The highest BCUT2D eigenvalue weighted by Crippen LogP contribution is 2.17. The Morgan fingerprint density at radius 3 is 2.56 bits per heavy atom. The predicted octanol–water partition coefficient (Wildman–Crippen LogP) is 3.23. The van der Waals surface area contributed by atoms with E-state index < -0.39 is 0 Å². The molecule has 0 saturated heterocycles. The minimum absolute atomic E-state index is 0. The van der Waals surface area contributed by atoms with Gasteiger partial charge in [-0.2, -0.15) is 4.98 Å². The van der Waals surface area contributed by atoms with E-state index in [4.69, 9.17) is 15.0 Å². The van der Waals surface area contributed by atoms with E-state index in [0.29, 0.717) is 30.4 Å². The van der Waals surface area contributed by atoms with Crippen molar-refractivity contribution >= 4 is 24.0 Å². The standard InChI is InChI=1S/C17H24N4O3.ClH/c1-13-19-16(21-24-13)12-23-15-9-7-14(8-10-15)20-17(22)6-4-2-3-5-11-18;/h7-10H,2-6,11-12,18H2,1H3,(H,20,22);1H. The van der Waals surface area contributed by atoms with Crippen LogP contribution in [0.2, 0.25) is 0 Å². The molecule has 0 aliphatic carbocycles. The van der Waals surface area contributed by atoms with Crippen LogP contribution >= 0.6 is 12.4 Å². The summed E-state index contributed by atoms with van der Waals surface area (Å²) < 4.78 is 10.4. The summed E-state index contributed by atoms with van der Waals surface area (Å²) in [5.41, 5.74) is 6.19. The summed E-state index contributed by atoms with van der Waals surface area (Å²) in [6.07, 6.45) is 4.55. The number of carbonyl (C=O) groups is 1. The SMILES string of the molecule is Cc1nc(COc2ccc(NC(=O)CCCCCCN)cc2)no1.Cl. The fraction of sp³-hybridized carbons (Fsp3) is 0.471. The zero-order chi connectivity index (χ0) is 17.2. The second-order valence-corrected chi connectivity index (χ2v) is 5.54. The molecule has 1 aromatic carbocycles. The largest absolute Gasteiger partial charge is 0.485 e. The fourth-order valence-electron chi connectivity index (χ4n) is 2.19. The van der Waals surface area contributed by atoms with E-state index in [1.54, 1.807) is 19.1 Å². The molecule has 0 saturated carbocycles. The zero-order valence-corrected chi connectivity index (χ0v) is 15.2. The Kier molecular flexibility index (Phi) is 9.57. The van der Waals surface area contributed by atoms with E-state index in [9.17, 15) is 4.79 Å². The van der Waals surface area contributed by atoms with Crippen molar-refractivity contribution in [1.29, 1.82) is 0 Å². The molecule has 1 heterocycles. The van der Waals surface area contributed by atoms with Gasteiger partial charge in [-0.05, 0) is 43.7 Å². The molecule has 0 radical (unpaired) electrons. The first-order valence-corrected chi connectivity index (χ1v) is 8.19. The van der Waals surface area contributed by atoms with Gasteiger partial charge in [0.15, 0.2) is 6.61 Å². The molecule has 3 N–H and O–H groups in total. The molecule has 0 aliphatic rings. The van der Waals surface area contributed by atoms with Crippen molar-refractivity contribution in [2.24, 2.45) is 5.73 Å². The molecule has 2 rings (SSSR count). The molecule has 0 atom stereocenters. The number of amides is 1. The maximum absolute atomic E-state index is 11.8. The summed E-state index contributed by atoms with van der Waals surface area (Å²) >= 11 is 0. The Morgan fingerprint density at radius 2 is 1.92 bits per heavy atom. The van der Waals surface area contributed by atoms with Gasteiger partial charge in [0.25, 0.3) is 0 Å². The lowest BCUT2D eigenvalue weighted by molar-refractivity contribution is -0.116. The van der Waals surface area contributed by atoms with Crippen LogP contribution in [-0.2, 0) is 11.4 Å². The molecule has 0 spiro atoms. The molecule has 2 aromatic rings. The van der Waals surface area contributed by atoms with Gasteiger partial charge in [-0.15, -0.1) is 12.4 Å². The molecule has 0 fully saturated rings. The molecule has 25 heavy (non-hydrogen) atoms. The van der Waals surface area contributed by atoms with Crippen molar-refractivity contribution < 1.29 is 14.1 Å². The highest BCUT2D eigenvalue weighted by atomic mass is 35.5. The third-order valence-corrected chi connectivity index (χ3v) is 3.43. The number of rotatable bonds is 10. The summed E-state index contributed by atoms with van der Waals surface area (Å²) in [5.74, 6) is 1.71. The molecule has 8 heteroatoms. The normalized spacial score (nSPS) is 10.2. The summed E-state index contributed by atoms with van der Waals surface area (Å²) in [7, 11) is 0. The number of aromatic nitrogens is 2. The number of nitrogens with zero attached hydrogens (tertiary/aromatic N) is 2. The van der Waals surface area contributed by atoms with Gasteiger partial charge in [-0.1, -0.05) is 18.0 Å². The minimum atomic E-state index is 0. The molecular weight excluding hydrogens is 344 g/mol. The second-order valence-electron chi connectivity index (χ2n) is 5.54. The van der Waals surface area contributed by atoms with Crippen molar-refractivity contribution in [3.63, 3.8) is 0 Å². The van der Waals surface area contributed by atoms with E-state index in [1.807, 2.05) is 12.1 Å². The molecule has 0 aliphatic heterocycles. The average Bonchev–Trinajstić information content (AvgIpc) is 2.99. The highest BCUT2D eigenvalue weighted by molar-refractivity contribution is 5.90. The first kappa shape index (κ1) is 20.9. The van der Waals surface area contributed by atoms with Crippen molar-refractivity contribution in [3.8, 4) is 5.75 Å². The number of nitrogens with one attached hydrogen (secondary N) is 1. The van der Waals surface area contributed by atoms with Crippen LogP contribution in [-0.4, -0.2) is 22.6 Å². The van der Waals surface area contributed by atoms with Crippen molar-refractivity contribution in [3.05, 3.63) is 36.0 Å². The van der Waals surface area contributed by atoms with Crippen LogP contribution in [0.4, 0.5) is 5.69 Å². The molecule has 7 nitrogen and oxygen atoms in total. The predicted molar refractivity (Wildman–Crippen MR) is 97.8 cm³/mol. The molecular formula is C17H25ClN4O3. The van der Waals surface area contributed by atoms with Crippen LogP contribution in [0.25, 0.3) is 0 Å². The van der Waals surface area contributed by atoms with Crippen LogP contribution in [0.3, 0.4) is 0 Å². The molecule has 138 valence electrons. The number of benzene rings is 1. The molecule has 1 aromatic heterocycles. The summed E-state index contributed by atoms with van der Waals surface area (Å²) in [6, 6.07) is 7.21. The van der Waals surface area contributed by atoms with Gasteiger partial charge in [0.05, 0.1) is 0 Å². The number of hydrogen-bond donors (Lipinski definition) is 2. The van der Waals surface area contributed by atoms with Crippen LogP contribution < -0.4 is 15.8 Å². The molecule has 0 bridgehead atoms. The summed E-state index contributed by atoms with van der Waals surface area (Å²) in [4.78, 5) is 15.9. The van der Waals surface area contributed by atoms with Gasteiger partial charge >= 0.3 is 0 Å². The van der Waals surface area contributed by atoms with Crippen LogP contribution in [0, 0.1) is 6.92 Å². The number of carbonyl (C=O) groups excluding carboxylic acids is 1. The Hall–Kier alpha value is -2.12. The molecule has 0 unspecified atom stereocenters. The van der Waals surface area contributed by atoms with Gasteiger partial charge in [0.2, 0.25) is 17.6 Å². The van der Waals surface area contributed by atoms with Gasteiger partial charge in [0.1, 0.15) is 5.75 Å². The van der Waals surface area contributed by atoms with Crippen molar-refractivity contribution in [2.75, 3.05) is 11.9 Å². The van der Waals surface area contributed by atoms with E-state index in [-0.39, 0.29) is 24.9 Å². The lowest BCUT2D eigenvalue weighted by Crippen LogP contribution is -2.11. The Morgan fingerprint density at radius 1 is 1.20 bits per heavy atom. The van der Waals surface area contributed by atoms with Gasteiger partial charge in [-0.25, -0.2) is 0 Å². The number of halogens is 1. The van der Waals surface area contributed by atoms with E-state index >= 15 is 0 Å². The Balaban J connectivity index is 0.00000312. The maximum atomic E-state index is 11.8. The maximum Gasteiger partial charge on any atom is 0.224 e. The second kappa shape index (κ2) is 11.4. The molecule has 1 amide bonds. The fourth-order valence-corrected chi connectivity index (χ4v) is 2.19. The smallest absolute Gasteiger partial charge is 0.224 e.